The van der Waals surface area contributed by atoms with Crippen LogP contribution < -0.4 is 5.73 Å². The topological polar surface area (TPSA) is 64.7 Å². The molecule has 0 aromatic carbocycles. The molecule has 11 heavy (non-hydrogen) atoms. The minimum atomic E-state index is -0.612. The Kier molecular flexibility index (Phi) is 4.26. The fraction of sp³-hybridized carbons (Fsp3) is 0.714. The molecule has 0 aliphatic carbocycles. The number of amidine groups is 1. The Morgan fingerprint density at radius 2 is 2.18 bits per heavy atom. The predicted molar refractivity (Wildman–Crippen MR) is 43.5 cm³/mol. The SMILES string of the molecule is C/C(N)=N/C(=O)OCC(C)C. The Morgan fingerprint density at radius 3 is 2.55 bits per heavy atom. The number of aliphatic imine (C=N–C) groups is 1. The first-order valence-electron chi connectivity index (χ1n) is 3.50. The van der Waals surface area contributed by atoms with Gasteiger partial charge in [0.25, 0.3) is 0 Å². The van der Waals surface area contributed by atoms with Gasteiger partial charge in [-0.25, -0.2) is 4.79 Å². The summed E-state index contributed by atoms with van der Waals surface area (Å²) in [7, 11) is 0. The zero-order valence-corrected chi connectivity index (χ0v) is 7.13. The molecule has 0 radical (unpaired) electrons. The van der Waals surface area contributed by atoms with E-state index in [1.54, 1.807) is 0 Å². The molecule has 0 saturated heterocycles. The maximum Gasteiger partial charge on any atom is 0.435 e. The highest BCUT2D eigenvalue weighted by Gasteiger charge is 2.00. The van der Waals surface area contributed by atoms with Crippen LogP contribution in [0, 0.1) is 5.92 Å². The summed E-state index contributed by atoms with van der Waals surface area (Å²) >= 11 is 0. The van der Waals surface area contributed by atoms with E-state index in [0.29, 0.717) is 12.5 Å². The summed E-state index contributed by atoms with van der Waals surface area (Å²) in [4.78, 5) is 14.1. The predicted octanol–water partition coefficient (Wildman–Crippen LogP) is 1.16. The van der Waals surface area contributed by atoms with Gasteiger partial charge in [-0.15, -0.1) is 0 Å². The first-order chi connectivity index (χ1) is 5.02. The normalized spacial score (nSPS) is 11.8. The average Bonchev–Trinajstić information content (AvgIpc) is 1.82. The molecule has 4 nitrogen and oxygen atoms in total. The van der Waals surface area contributed by atoms with E-state index in [1.165, 1.54) is 6.92 Å². The molecule has 0 fully saturated rings. The van der Waals surface area contributed by atoms with Crippen molar-refractivity contribution in [3.63, 3.8) is 0 Å². The smallest absolute Gasteiger partial charge is 0.435 e. The van der Waals surface area contributed by atoms with Gasteiger partial charge in [-0.1, -0.05) is 13.8 Å². The maximum absolute atomic E-state index is 10.7. The minimum absolute atomic E-state index is 0.221. The summed E-state index contributed by atoms with van der Waals surface area (Å²) in [6, 6.07) is 0. The molecule has 0 heterocycles. The fourth-order valence-corrected chi connectivity index (χ4v) is 0.414. The summed E-state index contributed by atoms with van der Waals surface area (Å²) in [5.41, 5.74) is 5.15. The first-order valence-corrected chi connectivity index (χ1v) is 3.50. The highest BCUT2D eigenvalue weighted by Crippen LogP contribution is 1.94. The summed E-state index contributed by atoms with van der Waals surface area (Å²) in [5, 5.41) is 0. The van der Waals surface area contributed by atoms with Crippen LogP contribution in [-0.2, 0) is 4.74 Å². The number of carbonyl (C=O) groups is 1. The van der Waals surface area contributed by atoms with Crippen LogP contribution in [0.15, 0.2) is 4.99 Å². The van der Waals surface area contributed by atoms with Crippen molar-refractivity contribution < 1.29 is 9.53 Å². The van der Waals surface area contributed by atoms with E-state index >= 15 is 0 Å². The van der Waals surface area contributed by atoms with Crippen molar-refractivity contribution >= 4 is 11.9 Å². The van der Waals surface area contributed by atoms with Crippen molar-refractivity contribution in [1.29, 1.82) is 0 Å². The lowest BCUT2D eigenvalue weighted by Crippen LogP contribution is -2.12. The number of carbonyl (C=O) groups excluding carboxylic acids is 1. The van der Waals surface area contributed by atoms with Crippen molar-refractivity contribution in [1.82, 2.24) is 0 Å². The number of amides is 1. The molecule has 0 rings (SSSR count). The molecule has 0 aromatic heterocycles. The lowest BCUT2D eigenvalue weighted by atomic mass is 10.2. The third-order valence-electron chi connectivity index (χ3n) is 0.808. The Labute approximate surface area is 66.4 Å². The Morgan fingerprint density at radius 1 is 1.64 bits per heavy atom. The van der Waals surface area contributed by atoms with Crippen LogP contribution >= 0.6 is 0 Å². The zero-order chi connectivity index (χ0) is 8.85. The van der Waals surface area contributed by atoms with Gasteiger partial charge in [0, 0.05) is 0 Å². The van der Waals surface area contributed by atoms with Gasteiger partial charge in [0.2, 0.25) is 0 Å². The van der Waals surface area contributed by atoms with Crippen molar-refractivity contribution in [2.75, 3.05) is 6.61 Å². The largest absolute Gasteiger partial charge is 0.448 e. The number of nitrogens with zero attached hydrogens (tertiary/aromatic N) is 1. The molecule has 1 amide bonds. The van der Waals surface area contributed by atoms with Crippen molar-refractivity contribution in [2.24, 2.45) is 16.6 Å². The van der Waals surface area contributed by atoms with Crippen molar-refractivity contribution in [3.05, 3.63) is 0 Å². The van der Waals surface area contributed by atoms with Crippen LogP contribution in [0.25, 0.3) is 0 Å². The molecule has 0 aliphatic rings. The van der Waals surface area contributed by atoms with E-state index in [4.69, 9.17) is 10.5 Å². The monoisotopic (exact) mass is 158 g/mol. The molecule has 4 heteroatoms. The summed E-state index contributed by atoms with van der Waals surface area (Å²) in [6.07, 6.45) is -0.612. The van der Waals surface area contributed by atoms with Crippen LogP contribution in [0.1, 0.15) is 20.8 Å². The van der Waals surface area contributed by atoms with Crippen LogP contribution in [0.3, 0.4) is 0 Å². The van der Waals surface area contributed by atoms with Gasteiger partial charge in [-0.3, -0.25) is 0 Å². The third-order valence-corrected chi connectivity index (χ3v) is 0.808. The van der Waals surface area contributed by atoms with E-state index in [-0.39, 0.29) is 5.84 Å². The van der Waals surface area contributed by atoms with Gasteiger partial charge in [-0.2, -0.15) is 4.99 Å². The Bertz CT molecular complexity index is 160. The van der Waals surface area contributed by atoms with E-state index in [2.05, 4.69) is 4.99 Å². The van der Waals surface area contributed by atoms with Gasteiger partial charge < -0.3 is 10.5 Å². The summed E-state index contributed by atoms with van der Waals surface area (Å²) in [5.74, 6) is 0.547. The van der Waals surface area contributed by atoms with Gasteiger partial charge in [0.05, 0.1) is 6.61 Å². The summed E-state index contributed by atoms with van der Waals surface area (Å²) in [6.45, 7) is 5.82. The van der Waals surface area contributed by atoms with E-state index in [1.807, 2.05) is 13.8 Å². The van der Waals surface area contributed by atoms with Crippen molar-refractivity contribution in [3.8, 4) is 0 Å². The second-order valence-corrected chi connectivity index (χ2v) is 2.72. The van der Waals surface area contributed by atoms with Gasteiger partial charge >= 0.3 is 6.09 Å². The zero-order valence-electron chi connectivity index (χ0n) is 7.13. The number of hydrogen-bond acceptors (Lipinski definition) is 2. The Balaban J connectivity index is 3.63. The highest BCUT2D eigenvalue weighted by molar-refractivity contribution is 5.88. The first kappa shape index (κ1) is 9.94. The Hall–Kier alpha value is -1.06. The molecule has 0 atom stereocenters. The van der Waals surface area contributed by atoms with Crippen LogP contribution in [0.2, 0.25) is 0 Å². The van der Waals surface area contributed by atoms with Crippen molar-refractivity contribution in [2.45, 2.75) is 20.8 Å². The standard InChI is InChI=1S/C7H14N2O2/c1-5(2)4-11-7(10)9-6(3)8/h5H,4H2,1-3H3,(H2,8,9,10). The minimum Gasteiger partial charge on any atom is -0.448 e. The molecule has 0 aliphatic heterocycles. The molecule has 2 N–H and O–H groups in total. The number of ether oxygens (including phenoxy) is 1. The second-order valence-electron chi connectivity index (χ2n) is 2.72. The molecule has 64 valence electrons. The van der Waals surface area contributed by atoms with Gasteiger partial charge in [-0.05, 0) is 12.8 Å². The third kappa shape index (κ3) is 6.83. The highest BCUT2D eigenvalue weighted by atomic mass is 16.5. The molecular weight excluding hydrogens is 144 g/mol. The lowest BCUT2D eigenvalue weighted by molar-refractivity contribution is 0.143. The summed E-state index contributed by atoms with van der Waals surface area (Å²) < 4.78 is 4.71. The lowest BCUT2D eigenvalue weighted by Gasteiger charge is -2.03. The van der Waals surface area contributed by atoms with Crippen LogP contribution in [0.4, 0.5) is 4.79 Å². The maximum atomic E-state index is 10.7. The molecular formula is C7H14N2O2. The number of rotatable bonds is 2. The molecule has 0 unspecified atom stereocenters. The van der Waals surface area contributed by atoms with E-state index < -0.39 is 6.09 Å². The fourth-order valence-electron chi connectivity index (χ4n) is 0.414. The van der Waals surface area contributed by atoms with Crippen LogP contribution in [0.5, 0.6) is 0 Å². The number of hydrogen-bond donors (Lipinski definition) is 1. The van der Waals surface area contributed by atoms with Gasteiger partial charge in [0.15, 0.2) is 0 Å². The molecule has 0 bridgehead atoms. The second kappa shape index (κ2) is 4.71. The number of nitrogens with two attached hydrogens (primary N) is 1. The molecule has 0 aromatic rings. The van der Waals surface area contributed by atoms with E-state index in [0.717, 1.165) is 0 Å². The van der Waals surface area contributed by atoms with E-state index in [9.17, 15) is 4.79 Å². The quantitative estimate of drug-likeness (QED) is 0.484. The van der Waals surface area contributed by atoms with Crippen LogP contribution in [-0.4, -0.2) is 18.5 Å². The van der Waals surface area contributed by atoms with Gasteiger partial charge in [0.1, 0.15) is 5.84 Å². The molecule has 0 spiro atoms. The average molecular weight is 158 g/mol. The molecule has 0 saturated carbocycles.